The Hall–Kier alpha value is -2.80. The van der Waals surface area contributed by atoms with Crippen molar-refractivity contribution in [1.29, 1.82) is 0 Å². The summed E-state index contributed by atoms with van der Waals surface area (Å²) in [5, 5.41) is 10.0. The number of aliphatic hydroxyl groups excluding tert-OH is 1. The van der Waals surface area contributed by atoms with Gasteiger partial charge in [0.25, 0.3) is 5.91 Å². The second kappa shape index (κ2) is 5.93. The lowest BCUT2D eigenvalue weighted by molar-refractivity contribution is 0.0715. The number of benzene rings is 2. The van der Waals surface area contributed by atoms with E-state index in [2.05, 4.69) is 9.97 Å². The quantitative estimate of drug-likeness (QED) is 0.752. The number of imidazole rings is 1. The van der Waals surface area contributed by atoms with Crippen LogP contribution in [0.1, 0.15) is 28.4 Å². The molecule has 25 heavy (non-hydrogen) atoms. The van der Waals surface area contributed by atoms with Crippen LogP contribution in [0, 0.1) is 11.6 Å². The van der Waals surface area contributed by atoms with E-state index in [1.807, 2.05) is 0 Å². The smallest absolute Gasteiger partial charge is 0.256 e. The van der Waals surface area contributed by atoms with Crippen LogP contribution in [0.4, 0.5) is 8.78 Å². The number of halogens is 2. The molecule has 1 aliphatic heterocycles. The molecule has 1 fully saturated rings. The first-order valence-corrected chi connectivity index (χ1v) is 7.90. The monoisotopic (exact) mass is 343 g/mol. The molecular weight excluding hydrogens is 328 g/mol. The van der Waals surface area contributed by atoms with Gasteiger partial charge in [-0.25, -0.2) is 13.8 Å². The van der Waals surface area contributed by atoms with Gasteiger partial charge in [0.05, 0.1) is 29.6 Å². The van der Waals surface area contributed by atoms with Gasteiger partial charge in [0.1, 0.15) is 17.2 Å². The molecule has 4 rings (SSSR count). The summed E-state index contributed by atoms with van der Waals surface area (Å²) in [6.07, 6.45) is 0.849. The molecule has 2 atom stereocenters. The predicted molar refractivity (Wildman–Crippen MR) is 86.9 cm³/mol. The Bertz CT molecular complexity index is 956. The largest absolute Gasteiger partial charge is 0.391 e. The lowest BCUT2D eigenvalue weighted by Gasteiger charge is -2.25. The van der Waals surface area contributed by atoms with Gasteiger partial charge in [-0.3, -0.25) is 4.79 Å². The molecule has 1 aromatic heterocycles. The van der Waals surface area contributed by atoms with E-state index in [4.69, 9.17) is 0 Å². The standard InChI is InChI=1S/C18H15F2N3O2/c19-10-4-5-14(20)13(6-10)16-7-11(24)8-23(16)18(25)12-2-1-3-15-17(12)22-9-21-15/h1-6,9,11,16,24H,7-8H2,(H,21,22)/t11-,16+/m0/s1. The summed E-state index contributed by atoms with van der Waals surface area (Å²) >= 11 is 0. The van der Waals surface area contributed by atoms with Gasteiger partial charge in [-0.1, -0.05) is 6.07 Å². The summed E-state index contributed by atoms with van der Waals surface area (Å²) < 4.78 is 27.8. The Labute approximate surface area is 141 Å². The van der Waals surface area contributed by atoms with Crippen molar-refractivity contribution in [3.8, 4) is 0 Å². The van der Waals surface area contributed by atoms with E-state index in [1.165, 1.54) is 11.2 Å². The first kappa shape index (κ1) is 15.7. The number of likely N-dealkylation sites (tertiary alicyclic amines) is 1. The molecule has 2 heterocycles. The van der Waals surface area contributed by atoms with Crippen molar-refractivity contribution >= 4 is 16.9 Å². The number of H-pyrrole nitrogens is 1. The van der Waals surface area contributed by atoms with Crippen molar-refractivity contribution in [2.75, 3.05) is 6.54 Å². The van der Waals surface area contributed by atoms with Crippen molar-refractivity contribution in [2.45, 2.75) is 18.6 Å². The molecule has 1 saturated heterocycles. The maximum atomic E-state index is 14.2. The van der Waals surface area contributed by atoms with E-state index in [0.717, 1.165) is 18.2 Å². The highest BCUT2D eigenvalue weighted by Crippen LogP contribution is 2.35. The first-order chi connectivity index (χ1) is 12.0. The summed E-state index contributed by atoms with van der Waals surface area (Å²) in [7, 11) is 0. The van der Waals surface area contributed by atoms with E-state index in [0.29, 0.717) is 16.6 Å². The number of aromatic amines is 1. The number of aliphatic hydroxyl groups is 1. The molecule has 2 N–H and O–H groups in total. The number of hydrogen-bond acceptors (Lipinski definition) is 3. The van der Waals surface area contributed by atoms with Crippen LogP contribution in [0.5, 0.6) is 0 Å². The van der Waals surface area contributed by atoms with Crippen LogP contribution in [0.3, 0.4) is 0 Å². The predicted octanol–water partition coefficient (Wildman–Crippen LogP) is 2.79. The molecule has 0 saturated carbocycles. The number of fused-ring (bicyclic) bond motifs is 1. The second-order valence-electron chi connectivity index (χ2n) is 6.13. The fourth-order valence-corrected chi connectivity index (χ4v) is 3.40. The van der Waals surface area contributed by atoms with Crippen LogP contribution in [0.25, 0.3) is 11.0 Å². The number of carbonyl (C=O) groups is 1. The fraction of sp³-hybridized carbons (Fsp3) is 0.222. The normalized spacial score (nSPS) is 20.4. The average Bonchev–Trinajstić information content (AvgIpc) is 3.22. The molecule has 0 radical (unpaired) electrons. The minimum atomic E-state index is -0.796. The van der Waals surface area contributed by atoms with E-state index in [-0.39, 0.29) is 24.4 Å². The minimum absolute atomic E-state index is 0.0558. The van der Waals surface area contributed by atoms with Gasteiger partial charge < -0.3 is 15.0 Å². The number of carbonyl (C=O) groups excluding carboxylic acids is 1. The topological polar surface area (TPSA) is 69.2 Å². The zero-order valence-electron chi connectivity index (χ0n) is 13.1. The van der Waals surface area contributed by atoms with E-state index in [1.54, 1.807) is 18.2 Å². The Morgan fingerprint density at radius 2 is 2.12 bits per heavy atom. The molecule has 1 aliphatic rings. The summed E-state index contributed by atoms with van der Waals surface area (Å²) in [5.41, 5.74) is 1.64. The number of hydrogen-bond donors (Lipinski definition) is 2. The van der Waals surface area contributed by atoms with Crippen LogP contribution in [0.15, 0.2) is 42.7 Å². The Morgan fingerprint density at radius 3 is 2.96 bits per heavy atom. The second-order valence-corrected chi connectivity index (χ2v) is 6.13. The molecule has 7 heteroatoms. The molecule has 5 nitrogen and oxygen atoms in total. The zero-order valence-corrected chi connectivity index (χ0v) is 13.1. The van der Waals surface area contributed by atoms with Crippen molar-refractivity contribution in [3.63, 3.8) is 0 Å². The third-order valence-electron chi connectivity index (χ3n) is 4.54. The fourth-order valence-electron chi connectivity index (χ4n) is 3.40. The molecule has 128 valence electrons. The van der Waals surface area contributed by atoms with Gasteiger partial charge in [0, 0.05) is 12.1 Å². The molecular formula is C18H15F2N3O2. The number of nitrogens with one attached hydrogen (secondary N) is 1. The van der Waals surface area contributed by atoms with Crippen LogP contribution in [0.2, 0.25) is 0 Å². The Kier molecular flexibility index (Phi) is 3.73. The molecule has 0 spiro atoms. The molecule has 2 aromatic carbocycles. The van der Waals surface area contributed by atoms with Gasteiger partial charge >= 0.3 is 0 Å². The van der Waals surface area contributed by atoms with Gasteiger partial charge in [0.2, 0.25) is 0 Å². The van der Waals surface area contributed by atoms with E-state index >= 15 is 0 Å². The highest BCUT2D eigenvalue weighted by molar-refractivity contribution is 6.05. The van der Waals surface area contributed by atoms with Gasteiger partial charge in [-0.05, 0) is 36.8 Å². The van der Waals surface area contributed by atoms with Crippen LogP contribution >= 0.6 is 0 Å². The SMILES string of the molecule is O=C(c1cccc2[nH]cnc12)N1C[C@@H](O)C[C@@H]1c1cc(F)ccc1F. The van der Waals surface area contributed by atoms with Crippen molar-refractivity contribution < 1.29 is 18.7 Å². The Balaban J connectivity index is 1.76. The maximum Gasteiger partial charge on any atom is 0.256 e. The van der Waals surface area contributed by atoms with Gasteiger partial charge in [-0.15, -0.1) is 0 Å². The lowest BCUT2D eigenvalue weighted by atomic mass is 10.0. The molecule has 0 bridgehead atoms. The molecule has 0 unspecified atom stereocenters. The van der Waals surface area contributed by atoms with E-state index in [9.17, 15) is 18.7 Å². The minimum Gasteiger partial charge on any atom is -0.391 e. The maximum absolute atomic E-state index is 14.2. The molecule has 1 amide bonds. The number of rotatable bonds is 2. The van der Waals surface area contributed by atoms with Gasteiger partial charge in [0.15, 0.2) is 0 Å². The van der Waals surface area contributed by atoms with Crippen LogP contribution in [-0.2, 0) is 0 Å². The van der Waals surface area contributed by atoms with Crippen LogP contribution < -0.4 is 0 Å². The Morgan fingerprint density at radius 1 is 1.28 bits per heavy atom. The summed E-state index contributed by atoms with van der Waals surface area (Å²) in [6, 6.07) is 7.56. The number of aromatic nitrogens is 2. The first-order valence-electron chi connectivity index (χ1n) is 7.90. The van der Waals surface area contributed by atoms with Crippen molar-refractivity contribution in [1.82, 2.24) is 14.9 Å². The summed E-state index contributed by atoms with van der Waals surface area (Å²) in [4.78, 5) is 21.5. The summed E-state index contributed by atoms with van der Waals surface area (Å²) in [5.74, 6) is -1.56. The zero-order chi connectivity index (χ0) is 17.6. The molecule has 3 aromatic rings. The molecule has 0 aliphatic carbocycles. The highest BCUT2D eigenvalue weighted by Gasteiger charge is 2.37. The van der Waals surface area contributed by atoms with Crippen molar-refractivity contribution in [2.24, 2.45) is 0 Å². The number of amides is 1. The van der Waals surface area contributed by atoms with Crippen molar-refractivity contribution in [3.05, 3.63) is 65.5 Å². The summed E-state index contributed by atoms with van der Waals surface area (Å²) in [6.45, 7) is 0.0558. The highest BCUT2D eigenvalue weighted by atomic mass is 19.1. The lowest BCUT2D eigenvalue weighted by Crippen LogP contribution is -2.32. The number of nitrogens with zero attached hydrogens (tertiary/aromatic N) is 2. The average molecular weight is 343 g/mol. The van der Waals surface area contributed by atoms with E-state index < -0.39 is 23.8 Å². The number of β-amino-alcohol motifs (C(OH)–C–C–N with tert-alkyl or cyclic N) is 1. The third kappa shape index (κ3) is 2.66. The van der Waals surface area contributed by atoms with Crippen LogP contribution in [-0.4, -0.2) is 38.5 Å². The number of para-hydroxylation sites is 1. The van der Waals surface area contributed by atoms with Gasteiger partial charge in [-0.2, -0.15) is 0 Å². The third-order valence-corrected chi connectivity index (χ3v) is 4.54.